The first-order valence-electron chi connectivity index (χ1n) is 9.80. The summed E-state index contributed by atoms with van der Waals surface area (Å²) in [5.74, 6) is 1.18. The monoisotopic (exact) mass is 461 g/mol. The van der Waals surface area contributed by atoms with Gasteiger partial charge in [-0.05, 0) is 46.7 Å². The number of aromatic nitrogens is 4. The summed E-state index contributed by atoms with van der Waals surface area (Å²) in [7, 11) is 0. The molecule has 0 bridgehead atoms. The van der Waals surface area contributed by atoms with Crippen LogP contribution in [0.1, 0.15) is 5.76 Å². The first-order valence-corrected chi connectivity index (χ1v) is 10.2. The Hall–Kier alpha value is -4.44. The van der Waals surface area contributed by atoms with Gasteiger partial charge < -0.3 is 14.7 Å². The van der Waals surface area contributed by atoms with Gasteiger partial charge in [-0.3, -0.25) is 4.79 Å². The maximum absolute atomic E-state index is 12.6. The van der Waals surface area contributed by atoms with Crippen molar-refractivity contribution >= 4 is 40.6 Å². The smallest absolute Gasteiger partial charge is 0.260 e. The number of furan rings is 1. The van der Waals surface area contributed by atoms with Gasteiger partial charge in [-0.25, -0.2) is 15.0 Å². The third kappa shape index (κ3) is 4.19. The number of amides is 1. The van der Waals surface area contributed by atoms with E-state index in [0.29, 0.717) is 27.9 Å². The lowest BCUT2D eigenvalue weighted by Gasteiger charge is -2.06. The molecule has 0 aliphatic carbocycles. The summed E-state index contributed by atoms with van der Waals surface area (Å²) in [6.45, 7) is -0.0780. The van der Waals surface area contributed by atoms with Crippen molar-refractivity contribution in [2.45, 2.75) is 6.54 Å². The minimum atomic E-state index is -0.382. The highest BCUT2D eigenvalue weighted by Crippen LogP contribution is 2.26. The number of para-hydroxylation sites is 2. The third-order valence-corrected chi connectivity index (χ3v) is 5.03. The van der Waals surface area contributed by atoms with Crippen LogP contribution in [-0.4, -0.2) is 32.0 Å². The largest absolute Gasteiger partial charge is 0.455 e. The minimum absolute atomic E-state index is 0.0780. The Balaban J connectivity index is 1.32. The van der Waals surface area contributed by atoms with E-state index in [4.69, 9.17) is 21.8 Å². The Labute approximate surface area is 191 Å². The summed E-state index contributed by atoms with van der Waals surface area (Å²) in [6.07, 6.45) is 1.42. The highest BCUT2D eigenvalue weighted by molar-refractivity contribution is 6.30. The number of rotatable bonds is 6. The molecule has 11 heteroatoms. The van der Waals surface area contributed by atoms with Crippen LogP contribution in [0.25, 0.3) is 33.9 Å². The van der Waals surface area contributed by atoms with Gasteiger partial charge in [0.05, 0.1) is 17.2 Å². The van der Waals surface area contributed by atoms with E-state index < -0.39 is 0 Å². The van der Waals surface area contributed by atoms with Crippen LogP contribution < -0.4 is 11.2 Å². The number of hydrogen-bond acceptors (Lipinski definition) is 8. The van der Waals surface area contributed by atoms with Gasteiger partial charge in [0.1, 0.15) is 18.1 Å². The first-order chi connectivity index (χ1) is 16.1. The maximum atomic E-state index is 12.6. The number of hydrazone groups is 1. The topological polar surface area (TPSA) is 137 Å². The van der Waals surface area contributed by atoms with Gasteiger partial charge in [0.2, 0.25) is 0 Å². The molecule has 3 N–H and O–H groups in total. The molecule has 0 aliphatic rings. The molecule has 0 radical (unpaired) electrons. The maximum Gasteiger partial charge on any atom is 0.260 e. The van der Waals surface area contributed by atoms with Crippen molar-refractivity contribution in [3.05, 3.63) is 71.4 Å². The Morgan fingerprint density at radius 3 is 2.85 bits per heavy atom. The van der Waals surface area contributed by atoms with Crippen LogP contribution in [-0.2, 0) is 11.3 Å². The van der Waals surface area contributed by atoms with Crippen molar-refractivity contribution in [3.8, 4) is 22.8 Å². The molecule has 0 atom stereocenters. The molecule has 5 aromatic rings. The fourth-order valence-electron chi connectivity index (χ4n) is 3.33. The first kappa shape index (κ1) is 20.5. The predicted octanol–water partition coefficient (Wildman–Crippen LogP) is 3.73. The SMILES string of the molecule is Nc1nonc1-c1nc2ccccc2n1CC(=O)NN=Cc1ccc(-c2cccc(Cl)c2)o1. The van der Waals surface area contributed by atoms with Gasteiger partial charge in [0, 0.05) is 10.6 Å². The van der Waals surface area contributed by atoms with Crippen molar-refractivity contribution in [2.24, 2.45) is 5.10 Å². The number of nitrogens with one attached hydrogen (secondary N) is 1. The van der Waals surface area contributed by atoms with Gasteiger partial charge in [-0.1, -0.05) is 35.9 Å². The Bertz CT molecular complexity index is 1480. The summed E-state index contributed by atoms with van der Waals surface area (Å²) in [5, 5.41) is 12.0. The molecule has 0 saturated carbocycles. The number of carbonyl (C=O) groups excluding carboxylic acids is 1. The predicted molar refractivity (Wildman–Crippen MR) is 122 cm³/mol. The molecule has 5 rings (SSSR count). The van der Waals surface area contributed by atoms with Crippen molar-refractivity contribution in [1.82, 2.24) is 25.3 Å². The third-order valence-electron chi connectivity index (χ3n) is 4.80. The van der Waals surface area contributed by atoms with E-state index in [0.717, 1.165) is 11.1 Å². The van der Waals surface area contributed by atoms with Crippen LogP contribution in [0, 0.1) is 0 Å². The Morgan fingerprint density at radius 2 is 2.03 bits per heavy atom. The molecule has 0 unspecified atom stereocenters. The molecule has 1 amide bonds. The molecule has 10 nitrogen and oxygen atoms in total. The quantitative estimate of drug-likeness (QED) is 0.290. The average molecular weight is 462 g/mol. The van der Waals surface area contributed by atoms with E-state index >= 15 is 0 Å². The minimum Gasteiger partial charge on any atom is -0.455 e. The zero-order chi connectivity index (χ0) is 22.8. The van der Waals surface area contributed by atoms with Gasteiger partial charge in [-0.15, -0.1) is 0 Å². The van der Waals surface area contributed by atoms with E-state index in [1.807, 2.05) is 36.4 Å². The van der Waals surface area contributed by atoms with Crippen molar-refractivity contribution in [2.75, 3.05) is 5.73 Å². The van der Waals surface area contributed by atoms with Crippen LogP contribution in [0.15, 0.2) is 74.8 Å². The number of fused-ring (bicyclic) bond motifs is 1. The van der Waals surface area contributed by atoms with E-state index in [-0.39, 0.29) is 24.0 Å². The van der Waals surface area contributed by atoms with Gasteiger partial charge >= 0.3 is 0 Å². The number of carbonyl (C=O) groups is 1. The van der Waals surface area contributed by atoms with Crippen LogP contribution in [0.5, 0.6) is 0 Å². The normalized spacial score (nSPS) is 11.4. The van der Waals surface area contributed by atoms with Crippen LogP contribution in [0.4, 0.5) is 5.82 Å². The molecular formula is C22H16ClN7O3. The molecular weight excluding hydrogens is 446 g/mol. The van der Waals surface area contributed by atoms with Crippen molar-refractivity contribution in [3.63, 3.8) is 0 Å². The van der Waals surface area contributed by atoms with E-state index in [2.05, 4.69) is 30.5 Å². The molecule has 0 aliphatic heterocycles. The summed E-state index contributed by atoms with van der Waals surface area (Å²) in [5.41, 5.74) is 10.8. The summed E-state index contributed by atoms with van der Waals surface area (Å²) < 4.78 is 12.1. The van der Waals surface area contributed by atoms with E-state index in [1.54, 1.807) is 28.8 Å². The lowest BCUT2D eigenvalue weighted by atomic mass is 10.2. The number of nitrogen functional groups attached to an aromatic ring is 1. The number of hydrogen-bond donors (Lipinski definition) is 2. The van der Waals surface area contributed by atoms with Crippen molar-refractivity contribution < 1.29 is 13.8 Å². The van der Waals surface area contributed by atoms with Crippen molar-refractivity contribution in [1.29, 1.82) is 0 Å². The van der Waals surface area contributed by atoms with Crippen LogP contribution >= 0.6 is 11.6 Å². The molecule has 2 aromatic carbocycles. The number of halogens is 1. The number of benzene rings is 2. The van der Waals surface area contributed by atoms with Gasteiger partial charge in [0.25, 0.3) is 5.91 Å². The molecule has 3 aromatic heterocycles. The lowest BCUT2D eigenvalue weighted by molar-refractivity contribution is -0.121. The fraction of sp³-hybridized carbons (Fsp3) is 0.0455. The Morgan fingerprint density at radius 1 is 1.15 bits per heavy atom. The molecule has 0 fully saturated rings. The number of imidazole rings is 1. The van der Waals surface area contributed by atoms with Crippen LogP contribution in [0.2, 0.25) is 5.02 Å². The van der Waals surface area contributed by atoms with E-state index in [9.17, 15) is 4.79 Å². The second kappa shape index (κ2) is 8.60. The molecule has 33 heavy (non-hydrogen) atoms. The molecule has 164 valence electrons. The molecule has 0 spiro atoms. The van der Waals surface area contributed by atoms with Gasteiger partial charge in [0.15, 0.2) is 17.3 Å². The Kier molecular flexibility index (Phi) is 5.33. The highest BCUT2D eigenvalue weighted by atomic mass is 35.5. The van der Waals surface area contributed by atoms with Gasteiger partial charge in [-0.2, -0.15) is 5.10 Å². The van der Waals surface area contributed by atoms with E-state index in [1.165, 1.54) is 6.21 Å². The molecule has 0 saturated heterocycles. The number of nitrogens with two attached hydrogens (primary N) is 1. The zero-order valence-corrected chi connectivity index (χ0v) is 17.7. The zero-order valence-electron chi connectivity index (χ0n) is 17.0. The standard InChI is InChI=1S/C22H16ClN7O3/c23-14-5-3-4-13(10-14)18-9-8-15(32-18)11-25-27-19(31)12-30-17-7-2-1-6-16(17)26-22(30)20-21(24)29-33-28-20/h1-11H,12H2,(H2,24,29)(H,27,31). The number of nitrogens with zero attached hydrogens (tertiary/aromatic N) is 5. The summed E-state index contributed by atoms with van der Waals surface area (Å²) in [6, 6.07) is 18.2. The second-order valence-corrected chi connectivity index (χ2v) is 7.45. The highest BCUT2D eigenvalue weighted by Gasteiger charge is 2.20. The number of anilines is 1. The summed E-state index contributed by atoms with van der Waals surface area (Å²) in [4.78, 5) is 17.1. The average Bonchev–Trinajstić information content (AvgIpc) is 3.53. The second-order valence-electron chi connectivity index (χ2n) is 7.01. The summed E-state index contributed by atoms with van der Waals surface area (Å²) >= 11 is 6.03. The lowest BCUT2D eigenvalue weighted by Crippen LogP contribution is -2.23. The fourth-order valence-corrected chi connectivity index (χ4v) is 3.52. The van der Waals surface area contributed by atoms with Crippen LogP contribution in [0.3, 0.4) is 0 Å². The molecule has 3 heterocycles.